The summed E-state index contributed by atoms with van der Waals surface area (Å²) in [5.41, 5.74) is 11.1. The minimum Gasteiger partial charge on any atom is -0.397 e. The van der Waals surface area contributed by atoms with Crippen LogP contribution in [0.2, 0.25) is 0 Å². The molecule has 1 amide bonds. The normalized spacial score (nSPS) is 14.9. The fourth-order valence-electron chi connectivity index (χ4n) is 3.91. The Morgan fingerprint density at radius 1 is 1.06 bits per heavy atom. The number of hydrogen-bond donors (Lipinski definition) is 2. The molecule has 0 atom stereocenters. The zero-order chi connectivity index (χ0) is 23.4. The van der Waals surface area contributed by atoms with Gasteiger partial charge in [0.1, 0.15) is 11.5 Å². The van der Waals surface area contributed by atoms with Crippen LogP contribution in [-0.2, 0) is 4.79 Å². The lowest BCUT2D eigenvalue weighted by molar-refractivity contribution is -0.110. The minimum atomic E-state index is -0.265. The van der Waals surface area contributed by atoms with Crippen LogP contribution in [0.5, 0.6) is 0 Å². The van der Waals surface area contributed by atoms with E-state index in [1.807, 2.05) is 37.3 Å². The fourth-order valence-corrected chi connectivity index (χ4v) is 3.91. The predicted molar refractivity (Wildman–Crippen MR) is 134 cm³/mol. The van der Waals surface area contributed by atoms with Crippen LogP contribution in [0.4, 0.5) is 17.2 Å². The second-order valence-electron chi connectivity index (χ2n) is 8.26. The molecule has 8 nitrogen and oxygen atoms in total. The molecular weight excluding hydrogens is 414 g/mol. The van der Waals surface area contributed by atoms with Gasteiger partial charge in [0, 0.05) is 74.7 Å². The number of piperazine rings is 1. The van der Waals surface area contributed by atoms with E-state index in [2.05, 4.69) is 37.1 Å². The lowest BCUT2D eigenvalue weighted by Crippen LogP contribution is -2.44. The second kappa shape index (κ2) is 9.79. The molecule has 3 aromatic rings. The van der Waals surface area contributed by atoms with Crippen LogP contribution in [0.1, 0.15) is 11.1 Å². The Hall–Kier alpha value is -3.78. The lowest BCUT2D eigenvalue weighted by atomic mass is 9.97. The fraction of sp³-hybridized carbons (Fsp3) is 0.280. The number of aliphatic imine (C=N–C) groups is 1. The van der Waals surface area contributed by atoms with Gasteiger partial charge in [0.25, 0.3) is 5.91 Å². The number of carbonyl (C=O) groups is 1. The summed E-state index contributed by atoms with van der Waals surface area (Å²) >= 11 is 0. The molecule has 0 unspecified atom stereocenters. The third-order valence-electron chi connectivity index (χ3n) is 5.85. The Morgan fingerprint density at radius 2 is 1.85 bits per heavy atom. The maximum Gasteiger partial charge on any atom is 0.274 e. The number of aromatic nitrogens is 2. The number of amides is 1. The third kappa shape index (κ3) is 5.18. The summed E-state index contributed by atoms with van der Waals surface area (Å²) in [4.78, 5) is 30.7. The molecule has 0 radical (unpaired) electrons. The van der Waals surface area contributed by atoms with Crippen LogP contribution in [0.25, 0.3) is 11.1 Å². The van der Waals surface area contributed by atoms with Crippen molar-refractivity contribution in [3.8, 4) is 11.1 Å². The van der Waals surface area contributed by atoms with Crippen molar-refractivity contribution >= 4 is 28.8 Å². The topological polar surface area (TPSA) is 99.7 Å². The van der Waals surface area contributed by atoms with Crippen molar-refractivity contribution in [2.24, 2.45) is 4.99 Å². The van der Waals surface area contributed by atoms with Crippen molar-refractivity contribution in [3.63, 3.8) is 0 Å². The second-order valence-corrected chi connectivity index (χ2v) is 8.26. The van der Waals surface area contributed by atoms with Gasteiger partial charge in [-0.2, -0.15) is 0 Å². The highest BCUT2D eigenvalue weighted by molar-refractivity contribution is 6.49. The Bertz CT molecular complexity index is 1180. The Labute approximate surface area is 194 Å². The zero-order valence-electron chi connectivity index (χ0n) is 19.2. The number of nitrogen functional groups attached to an aromatic ring is 1. The molecule has 1 aliphatic rings. The number of nitrogens with two attached hydrogens (primary N) is 1. The molecule has 0 saturated carbocycles. The summed E-state index contributed by atoms with van der Waals surface area (Å²) in [6, 6.07) is 11.5. The first kappa shape index (κ1) is 22.4. The zero-order valence-corrected chi connectivity index (χ0v) is 19.2. The van der Waals surface area contributed by atoms with Crippen molar-refractivity contribution in [2.45, 2.75) is 6.92 Å². The molecule has 170 valence electrons. The molecule has 3 heterocycles. The van der Waals surface area contributed by atoms with E-state index >= 15 is 0 Å². The first-order chi connectivity index (χ1) is 15.9. The van der Waals surface area contributed by atoms with Crippen molar-refractivity contribution in [1.29, 1.82) is 0 Å². The van der Waals surface area contributed by atoms with Gasteiger partial charge in [0.2, 0.25) is 0 Å². The molecule has 0 spiro atoms. The quantitative estimate of drug-likeness (QED) is 0.588. The van der Waals surface area contributed by atoms with Gasteiger partial charge in [-0.1, -0.05) is 12.1 Å². The Morgan fingerprint density at radius 3 is 2.58 bits per heavy atom. The molecule has 1 saturated heterocycles. The summed E-state index contributed by atoms with van der Waals surface area (Å²) in [6.07, 6.45) is 5.09. The highest BCUT2D eigenvalue weighted by Gasteiger charge is 2.19. The van der Waals surface area contributed by atoms with Gasteiger partial charge in [0.15, 0.2) is 0 Å². The molecular formula is C25H29N7O. The van der Waals surface area contributed by atoms with E-state index in [4.69, 9.17) is 5.73 Å². The van der Waals surface area contributed by atoms with Crippen LogP contribution in [0, 0.1) is 6.92 Å². The Balaban J connectivity index is 1.56. The van der Waals surface area contributed by atoms with Crippen molar-refractivity contribution < 1.29 is 4.79 Å². The van der Waals surface area contributed by atoms with E-state index in [0.717, 1.165) is 54.3 Å². The molecule has 0 aliphatic carbocycles. The van der Waals surface area contributed by atoms with Gasteiger partial charge < -0.3 is 20.9 Å². The first-order valence-electron chi connectivity index (χ1n) is 10.9. The minimum absolute atomic E-state index is 0.265. The summed E-state index contributed by atoms with van der Waals surface area (Å²) in [7, 11) is 3.75. The monoisotopic (exact) mass is 443 g/mol. The van der Waals surface area contributed by atoms with Gasteiger partial charge in [0.05, 0.1) is 5.69 Å². The van der Waals surface area contributed by atoms with Gasteiger partial charge in [-0.25, -0.2) is 4.98 Å². The SMILES string of the molecule is CN=C(C(=O)Nc1ccnc(N2CCN(C)CC2)c1)c1cc(-c2cncc(N)c2)ccc1C. The molecule has 0 bridgehead atoms. The van der Waals surface area contributed by atoms with E-state index in [1.165, 1.54) is 0 Å². The van der Waals surface area contributed by atoms with Crippen molar-refractivity contribution in [3.05, 3.63) is 66.1 Å². The smallest absolute Gasteiger partial charge is 0.274 e. The van der Waals surface area contributed by atoms with E-state index in [0.29, 0.717) is 17.1 Å². The largest absolute Gasteiger partial charge is 0.397 e. The number of nitrogens with one attached hydrogen (secondary N) is 1. The average Bonchev–Trinajstić information content (AvgIpc) is 2.81. The standard InChI is InChI=1S/C25H29N7O/c1-17-4-5-18(19-12-20(26)16-28-15-19)13-22(17)24(27-2)25(33)30-21-6-7-29-23(14-21)32-10-8-31(3)9-11-32/h4-7,12-16H,8-11,26H2,1-3H3,(H,29,30,33). The van der Waals surface area contributed by atoms with Crippen molar-refractivity contribution in [2.75, 3.05) is 56.2 Å². The number of rotatable bonds is 5. The molecule has 33 heavy (non-hydrogen) atoms. The van der Waals surface area contributed by atoms with E-state index in [9.17, 15) is 4.79 Å². The predicted octanol–water partition coefficient (Wildman–Crippen LogP) is 2.84. The number of likely N-dealkylation sites (N-methyl/N-ethyl adjacent to an activating group) is 1. The molecule has 8 heteroatoms. The summed E-state index contributed by atoms with van der Waals surface area (Å²) in [5, 5.41) is 3.00. The Kier molecular flexibility index (Phi) is 6.65. The highest BCUT2D eigenvalue weighted by Crippen LogP contribution is 2.24. The summed E-state index contributed by atoms with van der Waals surface area (Å²) in [6.45, 7) is 5.76. The summed E-state index contributed by atoms with van der Waals surface area (Å²) in [5.74, 6) is 0.599. The van der Waals surface area contributed by atoms with Gasteiger partial charge in [-0.15, -0.1) is 0 Å². The molecule has 3 N–H and O–H groups in total. The molecule has 1 aromatic carbocycles. The van der Waals surface area contributed by atoms with E-state index in [-0.39, 0.29) is 5.91 Å². The molecule has 4 rings (SSSR count). The maximum atomic E-state index is 13.2. The number of pyridine rings is 2. The number of aryl methyl sites for hydroxylation is 1. The maximum absolute atomic E-state index is 13.2. The number of benzene rings is 1. The highest BCUT2D eigenvalue weighted by atomic mass is 16.1. The number of carbonyl (C=O) groups excluding carboxylic acids is 1. The summed E-state index contributed by atoms with van der Waals surface area (Å²) < 4.78 is 0. The molecule has 1 aliphatic heterocycles. The van der Waals surface area contributed by atoms with E-state index in [1.54, 1.807) is 31.7 Å². The third-order valence-corrected chi connectivity index (χ3v) is 5.85. The average molecular weight is 444 g/mol. The molecule has 2 aromatic heterocycles. The first-order valence-corrected chi connectivity index (χ1v) is 10.9. The van der Waals surface area contributed by atoms with Gasteiger partial charge >= 0.3 is 0 Å². The van der Waals surface area contributed by atoms with Crippen LogP contribution in [0.15, 0.2) is 60.0 Å². The van der Waals surface area contributed by atoms with Gasteiger partial charge in [-0.3, -0.25) is 14.8 Å². The number of anilines is 3. The number of nitrogens with zero attached hydrogens (tertiary/aromatic N) is 5. The van der Waals surface area contributed by atoms with E-state index < -0.39 is 0 Å². The van der Waals surface area contributed by atoms with Gasteiger partial charge in [-0.05, 0) is 43.3 Å². The number of hydrogen-bond acceptors (Lipinski definition) is 7. The van der Waals surface area contributed by atoms with Crippen LogP contribution < -0.4 is 16.0 Å². The molecule has 1 fully saturated rings. The lowest BCUT2D eigenvalue weighted by Gasteiger charge is -2.33. The van der Waals surface area contributed by atoms with Crippen LogP contribution in [0.3, 0.4) is 0 Å². The van der Waals surface area contributed by atoms with Crippen molar-refractivity contribution in [1.82, 2.24) is 14.9 Å². The van der Waals surface area contributed by atoms with Crippen LogP contribution in [-0.4, -0.2) is 66.8 Å². The van der Waals surface area contributed by atoms with Crippen LogP contribution >= 0.6 is 0 Å².